The molecule has 0 amide bonds. The van der Waals surface area contributed by atoms with Gasteiger partial charge in [0.25, 0.3) is 0 Å². The molecule has 0 fully saturated rings. The van der Waals surface area contributed by atoms with Crippen LogP contribution < -0.4 is 9.46 Å². The minimum absolute atomic E-state index is 0.106. The van der Waals surface area contributed by atoms with Crippen LogP contribution in [0.1, 0.15) is 23.7 Å². The predicted octanol–water partition coefficient (Wildman–Crippen LogP) is 2.41. The van der Waals surface area contributed by atoms with Crippen molar-refractivity contribution in [2.24, 2.45) is 0 Å². The quantitative estimate of drug-likeness (QED) is 0.815. The Kier molecular flexibility index (Phi) is 5.76. The Morgan fingerprint density at radius 1 is 1.17 bits per heavy atom. The largest absolute Gasteiger partial charge is 0.495 e. The number of rotatable bonds is 7. The highest BCUT2D eigenvalue weighted by Crippen LogP contribution is 2.24. The van der Waals surface area contributed by atoms with Gasteiger partial charge < -0.3 is 9.84 Å². The first-order chi connectivity index (χ1) is 10.9. The highest BCUT2D eigenvalue weighted by atomic mass is 32.2. The van der Waals surface area contributed by atoms with E-state index >= 15 is 0 Å². The number of ether oxygens (including phenoxy) is 1. The van der Waals surface area contributed by atoms with E-state index in [4.69, 9.17) is 4.74 Å². The van der Waals surface area contributed by atoms with Crippen molar-refractivity contribution in [1.82, 2.24) is 4.72 Å². The van der Waals surface area contributed by atoms with Crippen LogP contribution in [-0.4, -0.2) is 27.2 Å². The van der Waals surface area contributed by atoms with E-state index in [1.807, 2.05) is 37.3 Å². The van der Waals surface area contributed by atoms with Crippen LogP contribution in [0.3, 0.4) is 0 Å². The Hall–Kier alpha value is -1.89. The fraction of sp³-hybridized carbons (Fsp3) is 0.294. The van der Waals surface area contributed by atoms with E-state index in [2.05, 4.69) is 4.72 Å². The third-order valence-corrected chi connectivity index (χ3v) is 4.99. The topological polar surface area (TPSA) is 75.6 Å². The summed E-state index contributed by atoms with van der Waals surface area (Å²) in [5.41, 5.74) is 1.59. The lowest BCUT2D eigenvalue weighted by Crippen LogP contribution is -2.26. The normalized spacial score (nSPS) is 12.8. The van der Waals surface area contributed by atoms with E-state index in [9.17, 15) is 13.5 Å². The number of aryl methyl sites for hydroxylation is 1. The molecular formula is C17H21NO4S. The van der Waals surface area contributed by atoms with Crippen molar-refractivity contribution >= 4 is 10.0 Å². The molecule has 2 rings (SSSR count). The van der Waals surface area contributed by atoms with E-state index in [0.717, 1.165) is 11.1 Å². The van der Waals surface area contributed by atoms with Gasteiger partial charge in [0.2, 0.25) is 10.0 Å². The number of methoxy groups -OCH3 is 1. The molecule has 124 valence electrons. The van der Waals surface area contributed by atoms with E-state index in [-0.39, 0.29) is 17.9 Å². The second-order valence-electron chi connectivity index (χ2n) is 5.27. The second-order valence-corrected chi connectivity index (χ2v) is 7.00. The SMILES string of the molecule is COc1ccc(C)cc1S(=O)(=O)NCCC(O)c1ccccc1. The predicted molar refractivity (Wildman–Crippen MR) is 88.9 cm³/mol. The van der Waals surface area contributed by atoms with E-state index in [1.54, 1.807) is 18.2 Å². The number of benzene rings is 2. The van der Waals surface area contributed by atoms with Gasteiger partial charge in [-0.25, -0.2) is 13.1 Å². The molecule has 0 radical (unpaired) electrons. The Morgan fingerprint density at radius 2 is 1.87 bits per heavy atom. The van der Waals surface area contributed by atoms with Gasteiger partial charge in [0.15, 0.2) is 0 Å². The van der Waals surface area contributed by atoms with Crippen LogP contribution in [0.25, 0.3) is 0 Å². The van der Waals surface area contributed by atoms with Crippen molar-refractivity contribution in [3.05, 3.63) is 59.7 Å². The molecule has 2 N–H and O–H groups in total. The van der Waals surface area contributed by atoms with Crippen molar-refractivity contribution < 1.29 is 18.3 Å². The molecule has 0 spiro atoms. The maximum absolute atomic E-state index is 12.4. The van der Waals surface area contributed by atoms with Gasteiger partial charge in [0, 0.05) is 6.54 Å². The zero-order valence-electron chi connectivity index (χ0n) is 13.2. The lowest BCUT2D eigenvalue weighted by molar-refractivity contribution is 0.169. The van der Waals surface area contributed by atoms with Crippen LogP contribution in [0.5, 0.6) is 5.75 Å². The highest BCUT2D eigenvalue weighted by molar-refractivity contribution is 7.89. The smallest absolute Gasteiger partial charge is 0.244 e. The molecule has 2 aromatic rings. The monoisotopic (exact) mass is 335 g/mol. The standard InChI is InChI=1S/C17H21NO4S/c1-13-8-9-16(22-2)17(12-13)23(20,21)18-11-10-15(19)14-6-4-3-5-7-14/h3-9,12,15,18-19H,10-11H2,1-2H3. The third kappa shape index (κ3) is 4.54. The molecular weight excluding hydrogens is 314 g/mol. The minimum Gasteiger partial charge on any atom is -0.495 e. The van der Waals surface area contributed by atoms with Crippen molar-refractivity contribution in [2.75, 3.05) is 13.7 Å². The summed E-state index contributed by atoms with van der Waals surface area (Å²) in [6.07, 6.45) is -0.421. The van der Waals surface area contributed by atoms with Crippen molar-refractivity contribution in [1.29, 1.82) is 0 Å². The first-order valence-electron chi connectivity index (χ1n) is 7.31. The van der Waals surface area contributed by atoms with Gasteiger partial charge in [0.05, 0.1) is 13.2 Å². The molecule has 0 saturated heterocycles. The average molecular weight is 335 g/mol. The van der Waals surface area contributed by atoms with Crippen molar-refractivity contribution in [2.45, 2.75) is 24.3 Å². The molecule has 2 aromatic carbocycles. The number of hydrogen-bond donors (Lipinski definition) is 2. The lowest BCUT2D eigenvalue weighted by Gasteiger charge is -2.14. The summed E-state index contributed by atoms with van der Waals surface area (Å²) < 4.78 is 32.4. The average Bonchev–Trinajstić information content (AvgIpc) is 2.55. The van der Waals surface area contributed by atoms with Crippen LogP contribution in [0.15, 0.2) is 53.4 Å². The summed E-state index contributed by atoms with van der Waals surface area (Å²) in [6.45, 7) is 1.95. The molecule has 0 bridgehead atoms. The van der Waals surface area contributed by atoms with Crippen LogP contribution in [-0.2, 0) is 10.0 Å². The molecule has 0 aliphatic carbocycles. The molecule has 23 heavy (non-hydrogen) atoms. The molecule has 0 saturated carbocycles. The van der Waals surface area contributed by atoms with Crippen molar-refractivity contribution in [3.63, 3.8) is 0 Å². The molecule has 1 atom stereocenters. The molecule has 0 aromatic heterocycles. The second kappa shape index (κ2) is 7.59. The summed E-state index contributed by atoms with van der Waals surface area (Å²) in [7, 11) is -2.26. The molecule has 0 heterocycles. The van der Waals surface area contributed by atoms with Gasteiger partial charge in [0.1, 0.15) is 10.6 Å². The minimum atomic E-state index is -3.69. The van der Waals surface area contributed by atoms with E-state index in [0.29, 0.717) is 5.75 Å². The summed E-state index contributed by atoms with van der Waals surface area (Å²) in [5, 5.41) is 10.1. The fourth-order valence-corrected chi connectivity index (χ4v) is 3.54. The summed E-state index contributed by atoms with van der Waals surface area (Å²) in [6, 6.07) is 14.1. The third-order valence-electron chi connectivity index (χ3n) is 3.50. The number of nitrogens with one attached hydrogen (secondary N) is 1. The van der Waals surface area contributed by atoms with Crippen LogP contribution in [0.2, 0.25) is 0 Å². The fourth-order valence-electron chi connectivity index (χ4n) is 2.24. The highest BCUT2D eigenvalue weighted by Gasteiger charge is 2.19. The molecule has 1 unspecified atom stereocenters. The van der Waals surface area contributed by atoms with Crippen LogP contribution in [0, 0.1) is 6.92 Å². The lowest BCUT2D eigenvalue weighted by atomic mass is 10.1. The summed E-state index contributed by atoms with van der Waals surface area (Å²) in [4.78, 5) is 0.106. The van der Waals surface area contributed by atoms with Gasteiger partial charge in [-0.15, -0.1) is 0 Å². The van der Waals surface area contributed by atoms with Crippen molar-refractivity contribution in [3.8, 4) is 5.75 Å². The summed E-state index contributed by atoms with van der Waals surface area (Å²) >= 11 is 0. The van der Waals surface area contributed by atoms with Gasteiger partial charge in [-0.3, -0.25) is 0 Å². The van der Waals surface area contributed by atoms with Crippen LogP contribution in [0.4, 0.5) is 0 Å². The number of hydrogen-bond acceptors (Lipinski definition) is 4. The molecule has 0 aliphatic heterocycles. The first kappa shape index (κ1) is 17.5. The zero-order valence-corrected chi connectivity index (χ0v) is 14.0. The van der Waals surface area contributed by atoms with Crippen LogP contribution >= 0.6 is 0 Å². The Balaban J connectivity index is 2.04. The number of aliphatic hydroxyl groups is 1. The molecule has 5 nitrogen and oxygen atoms in total. The summed E-state index contributed by atoms with van der Waals surface area (Å²) in [5.74, 6) is 0.298. The Bertz CT molecular complexity index is 744. The molecule has 0 aliphatic rings. The van der Waals surface area contributed by atoms with Gasteiger partial charge in [-0.2, -0.15) is 0 Å². The zero-order chi connectivity index (χ0) is 16.9. The van der Waals surface area contributed by atoms with E-state index < -0.39 is 16.1 Å². The first-order valence-corrected chi connectivity index (χ1v) is 8.79. The Labute approximate surface area is 137 Å². The van der Waals surface area contributed by atoms with Gasteiger partial charge in [-0.05, 0) is 36.6 Å². The van der Waals surface area contributed by atoms with Gasteiger partial charge in [-0.1, -0.05) is 36.4 Å². The molecule has 6 heteroatoms. The number of sulfonamides is 1. The number of aliphatic hydroxyl groups excluding tert-OH is 1. The van der Waals surface area contributed by atoms with E-state index in [1.165, 1.54) is 7.11 Å². The van der Waals surface area contributed by atoms with Gasteiger partial charge >= 0.3 is 0 Å². The Morgan fingerprint density at radius 3 is 2.52 bits per heavy atom. The maximum atomic E-state index is 12.4. The maximum Gasteiger partial charge on any atom is 0.244 e.